The maximum absolute atomic E-state index is 2.71. The van der Waals surface area contributed by atoms with Crippen LogP contribution in [-0.4, -0.2) is 24.2 Å². The average Bonchev–Trinajstić information content (AvgIpc) is 2.04. The highest BCUT2D eigenvalue weighted by atomic mass is 28.5. The summed E-state index contributed by atoms with van der Waals surface area (Å²) in [6.45, 7) is 34.1. The first kappa shape index (κ1) is 19.7. The molecule has 126 valence electrons. The molecule has 21 heavy (non-hydrogen) atoms. The van der Waals surface area contributed by atoms with Gasteiger partial charge in [0.15, 0.2) is 0 Å². The standard InChI is InChI=1S/C18H42Si3/c1-16(2,3)21(17(4,5)6,18(7,8)9)15-19(10,11)14-20(15,12)13/h15H,14H2,1-13H3. The summed E-state index contributed by atoms with van der Waals surface area (Å²) in [4.78, 5) is 1.15. The summed E-state index contributed by atoms with van der Waals surface area (Å²) in [5.74, 6) is 0. The van der Waals surface area contributed by atoms with Crippen LogP contribution in [0.25, 0.3) is 0 Å². The van der Waals surface area contributed by atoms with Gasteiger partial charge in [0.1, 0.15) is 0 Å². The third-order valence-corrected chi connectivity index (χ3v) is 36.8. The Bertz CT molecular complexity index is 350. The van der Waals surface area contributed by atoms with Crippen LogP contribution >= 0.6 is 0 Å². The zero-order chi connectivity index (χ0) is 17.3. The average molecular weight is 343 g/mol. The fourth-order valence-electron chi connectivity index (χ4n) is 8.15. The van der Waals surface area contributed by atoms with Gasteiger partial charge in [-0.2, -0.15) is 0 Å². The molecule has 0 saturated carbocycles. The Morgan fingerprint density at radius 1 is 0.619 bits per heavy atom. The smallest absolute Gasteiger partial charge is 0.0676 e. The summed E-state index contributed by atoms with van der Waals surface area (Å²) in [6.07, 6.45) is 0. The van der Waals surface area contributed by atoms with Crippen molar-refractivity contribution >= 4 is 24.2 Å². The minimum absolute atomic E-state index is 0.475. The highest BCUT2D eigenvalue weighted by Gasteiger charge is 2.73. The van der Waals surface area contributed by atoms with Gasteiger partial charge in [0.2, 0.25) is 0 Å². The number of hydrogen-bond acceptors (Lipinski definition) is 0. The van der Waals surface area contributed by atoms with E-state index in [0.717, 1.165) is 4.79 Å². The van der Waals surface area contributed by atoms with Gasteiger partial charge in [-0.1, -0.05) is 99.0 Å². The van der Waals surface area contributed by atoms with Crippen molar-refractivity contribution in [1.82, 2.24) is 0 Å². The van der Waals surface area contributed by atoms with E-state index in [1.165, 1.54) is 0 Å². The van der Waals surface area contributed by atoms with Crippen LogP contribution in [0.3, 0.4) is 0 Å². The van der Waals surface area contributed by atoms with Crippen molar-refractivity contribution in [3.8, 4) is 0 Å². The van der Waals surface area contributed by atoms with E-state index in [4.69, 9.17) is 0 Å². The highest BCUT2D eigenvalue weighted by molar-refractivity contribution is 7.26. The fourth-order valence-corrected chi connectivity index (χ4v) is 54.9. The molecular formula is C18H42Si3. The summed E-state index contributed by atoms with van der Waals surface area (Å²) < 4.78 is 0. The molecular weight excluding hydrogens is 300 g/mol. The summed E-state index contributed by atoms with van der Waals surface area (Å²) in [5.41, 5.74) is 1.65. The van der Waals surface area contributed by atoms with Gasteiger partial charge in [-0.25, -0.2) is 0 Å². The number of hydrogen-bond donors (Lipinski definition) is 0. The van der Waals surface area contributed by atoms with Crippen LogP contribution in [0.4, 0.5) is 0 Å². The molecule has 1 aliphatic heterocycles. The van der Waals surface area contributed by atoms with Crippen LogP contribution in [-0.2, 0) is 0 Å². The Morgan fingerprint density at radius 3 is 0.952 bits per heavy atom. The van der Waals surface area contributed by atoms with E-state index in [1.54, 1.807) is 5.67 Å². The third-order valence-electron chi connectivity index (χ3n) is 6.46. The molecule has 0 spiro atoms. The lowest BCUT2D eigenvalue weighted by atomic mass is 10.2. The molecule has 0 aromatic rings. The molecule has 0 unspecified atom stereocenters. The van der Waals surface area contributed by atoms with E-state index in [-0.39, 0.29) is 0 Å². The minimum atomic E-state index is -1.56. The predicted octanol–water partition coefficient (Wildman–Crippen LogP) is 7.25. The molecule has 0 bridgehead atoms. The Balaban J connectivity index is 3.76. The lowest BCUT2D eigenvalue weighted by Gasteiger charge is -2.73. The normalized spacial score (nSPS) is 23.9. The Kier molecular flexibility index (Phi) is 4.53. The van der Waals surface area contributed by atoms with Crippen LogP contribution in [0.2, 0.25) is 51.8 Å². The van der Waals surface area contributed by atoms with Crippen molar-refractivity contribution < 1.29 is 0 Å². The summed E-state index contributed by atoms with van der Waals surface area (Å²) >= 11 is 0. The molecule has 0 nitrogen and oxygen atoms in total. The topological polar surface area (TPSA) is 0 Å². The Labute approximate surface area is 138 Å². The molecule has 1 aliphatic rings. The minimum Gasteiger partial charge on any atom is -0.0698 e. The molecule has 0 aromatic heterocycles. The van der Waals surface area contributed by atoms with Crippen molar-refractivity contribution in [1.29, 1.82) is 0 Å². The maximum atomic E-state index is 2.71. The lowest BCUT2D eigenvalue weighted by Crippen LogP contribution is -2.78. The van der Waals surface area contributed by atoms with Gasteiger partial charge < -0.3 is 0 Å². The SMILES string of the molecule is CC(C)(C)[Si](C1[Si](C)(C)C[Si]1(C)C)(C(C)(C)C)C(C)(C)C. The van der Waals surface area contributed by atoms with Gasteiger partial charge >= 0.3 is 0 Å². The monoisotopic (exact) mass is 342 g/mol. The lowest BCUT2D eigenvalue weighted by molar-refractivity contribution is 0.526. The zero-order valence-corrected chi connectivity index (χ0v) is 20.3. The Hall–Kier alpha value is 0.651. The van der Waals surface area contributed by atoms with Crippen LogP contribution in [0.15, 0.2) is 0 Å². The molecule has 0 atom stereocenters. The van der Waals surface area contributed by atoms with Gasteiger partial charge in [0, 0.05) is 16.1 Å². The molecule has 0 radical (unpaired) electrons. The van der Waals surface area contributed by atoms with Crippen molar-refractivity contribution in [2.45, 2.75) is 114 Å². The molecule has 1 fully saturated rings. The zero-order valence-electron chi connectivity index (χ0n) is 17.3. The van der Waals surface area contributed by atoms with Crippen LogP contribution < -0.4 is 0 Å². The van der Waals surface area contributed by atoms with Crippen molar-refractivity contribution in [2.75, 3.05) is 0 Å². The maximum Gasteiger partial charge on any atom is 0.0676 e. The van der Waals surface area contributed by atoms with Crippen LogP contribution in [0.1, 0.15) is 62.3 Å². The second-order valence-electron chi connectivity index (χ2n) is 12.1. The molecule has 0 N–H and O–H groups in total. The van der Waals surface area contributed by atoms with Crippen LogP contribution in [0, 0.1) is 0 Å². The molecule has 1 rings (SSSR count). The van der Waals surface area contributed by atoms with Gasteiger partial charge in [-0.15, -0.1) is 0 Å². The predicted molar refractivity (Wildman–Crippen MR) is 108 cm³/mol. The Morgan fingerprint density at radius 2 is 0.857 bits per heavy atom. The van der Waals surface area contributed by atoms with Gasteiger partial charge in [0.05, 0.1) is 8.07 Å². The second-order valence-corrected chi connectivity index (χ2v) is 31.1. The van der Waals surface area contributed by atoms with E-state index < -0.39 is 24.2 Å². The molecule has 3 heteroatoms. The van der Waals surface area contributed by atoms with E-state index >= 15 is 0 Å². The van der Waals surface area contributed by atoms with E-state index in [0.29, 0.717) is 15.1 Å². The van der Waals surface area contributed by atoms with Crippen molar-refractivity contribution in [3.05, 3.63) is 0 Å². The summed E-state index contributed by atoms with van der Waals surface area (Å²) in [6, 6.07) is 0. The summed E-state index contributed by atoms with van der Waals surface area (Å²) in [5, 5.41) is 1.43. The molecule has 1 heterocycles. The largest absolute Gasteiger partial charge is 0.0698 e. The van der Waals surface area contributed by atoms with Crippen molar-refractivity contribution in [2.24, 2.45) is 0 Å². The van der Waals surface area contributed by atoms with Crippen LogP contribution in [0.5, 0.6) is 0 Å². The van der Waals surface area contributed by atoms with Gasteiger partial charge in [-0.3, -0.25) is 0 Å². The first-order valence-corrected chi connectivity index (χ1v) is 17.5. The first-order chi connectivity index (χ1) is 8.82. The summed E-state index contributed by atoms with van der Waals surface area (Å²) in [7, 11) is -3.68. The third kappa shape index (κ3) is 2.69. The van der Waals surface area contributed by atoms with Gasteiger partial charge in [-0.05, 0) is 15.1 Å². The first-order valence-electron chi connectivity index (χ1n) is 8.82. The quantitative estimate of drug-likeness (QED) is 0.440. The number of rotatable bonds is 1. The van der Waals surface area contributed by atoms with E-state index in [2.05, 4.69) is 88.5 Å². The molecule has 1 saturated heterocycles. The second kappa shape index (κ2) is 4.83. The van der Waals surface area contributed by atoms with E-state index in [9.17, 15) is 0 Å². The highest BCUT2D eigenvalue weighted by Crippen LogP contribution is 2.73. The van der Waals surface area contributed by atoms with Gasteiger partial charge in [0.25, 0.3) is 0 Å². The molecule has 0 aromatic carbocycles. The fraction of sp³-hybridized carbons (Fsp3) is 1.00. The molecule has 0 aliphatic carbocycles. The van der Waals surface area contributed by atoms with E-state index in [1.807, 2.05) is 0 Å². The van der Waals surface area contributed by atoms with Crippen molar-refractivity contribution in [3.63, 3.8) is 0 Å². The molecule has 0 amide bonds.